The minimum atomic E-state index is -1.07. The number of carbonyl (C=O) groups excluding carboxylic acids is 1. The molecule has 1 heterocycles. The average molecular weight is 290 g/mol. The van der Waals surface area contributed by atoms with Gasteiger partial charge in [0.15, 0.2) is 5.78 Å². The summed E-state index contributed by atoms with van der Waals surface area (Å²) < 4.78 is 0. The summed E-state index contributed by atoms with van der Waals surface area (Å²) in [5.74, 6) is -0.772. The fourth-order valence-electron chi connectivity index (χ4n) is 2.83. The third-order valence-corrected chi connectivity index (χ3v) is 7.00. The van der Waals surface area contributed by atoms with Gasteiger partial charge in [0.25, 0.3) is 0 Å². The van der Waals surface area contributed by atoms with Gasteiger partial charge in [0, 0.05) is 18.4 Å². The van der Waals surface area contributed by atoms with Crippen LogP contribution < -0.4 is 0 Å². The number of ketones is 1. The lowest BCUT2D eigenvalue weighted by Crippen LogP contribution is -2.33. The predicted octanol–water partition coefficient (Wildman–Crippen LogP) is 3.47. The van der Waals surface area contributed by atoms with E-state index in [0.29, 0.717) is 12.8 Å². The van der Waals surface area contributed by atoms with Gasteiger partial charge in [0.1, 0.15) is 0 Å². The lowest BCUT2D eigenvalue weighted by atomic mass is 9.98. The molecule has 20 heavy (non-hydrogen) atoms. The molecule has 0 bridgehead atoms. The Labute approximate surface area is 121 Å². The molecule has 0 atom stereocenters. The van der Waals surface area contributed by atoms with Crippen molar-refractivity contribution in [3.63, 3.8) is 0 Å². The van der Waals surface area contributed by atoms with Crippen LogP contribution in [0.25, 0.3) is 0 Å². The Morgan fingerprint density at radius 3 is 2.65 bits per heavy atom. The zero-order valence-corrected chi connectivity index (χ0v) is 13.2. The number of hydrogen-bond acceptors (Lipinski definition) is 2. The third-order valence-electron chi connectivity index (χ3n) is 4.06. The third kappa shape index (κ3) is 3.79. The first kappa shape index (κ1) is 15.0. The van der Waals surface area contributed by atoms with Crippen LogP contribution >= 0.6 is 0 Å². The monoisotopic (exact) mass is 290 g/mol. The molecule has 3 nitrogen and oxygen atoms in total. The first-order chi connectivity index (χ1) is 9.37. The van der Waals surface area contributed by atoms with Crippen LogP contribution in [0.3, 0.4) is 0 Å². The minimum Gasteiger partial charge on any atom is -0.481 e. The summed E-state index contributed by atoms with van der Waals surface area (Å²) >= 11 is 0. The van der Waals surface area contributed by atoms with Gasteiger partial charge < -0.3 is 5.11 Å². The number of Topliss-reactive ketones (excluding diaryl/α,β-unsaturated/α-hetero) is 1. The van der Waals surface area contributed by atoms with Crippen molar-refractivity contribution in [3.8, 4) is 0 Å². The average Bonchev–Trinajstić information content (AvgIpc) is 2.36. The van der Waals surface area contributed by atoms with E-state index in [2.05, 4.69) is 19.2 Å². The molecule has 0 spiro atoms. The van der Waals surface area contributed by atoms with E-state index in [9.17, 15) is 9.59 Å². The molecule has 0 aliphatic carbocycles. The second kappa shape index (κ2) is 5.91. The van der Waals surface area contributed by atoms with Gasteiger partial charge in [0.05, 0.1) is 8.07 Å². The number of carbonyl (C=O) groups is 2. The number of aryl methyl sites for hydroxylation is 1. The van der Waals surface area contributed by atoms with E-state index in [1.54, 1.807) is 0 Å². The second-order valence-electron chi connectivity index (χ2n) is 6.49. The van der Waals surface area contributed by atoms with Gasteiger partial charge in [0.2, 0.25) is 0 Å². The topological polar surface area (TPSA) is 54.4 Å². The summed E-state index contributed by atoms with van der Waals surface area (Å²) in [6, 6.07) is 8.54. The van der Waals surface area contributed by atoms with E-state index in [-0.39, 0.29) is 12.2 Å². The van der Waals surface area contributed by atoms with Crippen molar-refractivity contribution in [1.29, 1.82) is 0 Å². The molecule has 1 N–H and O–H groups in total. The van der Waals surface area contributed by atoms with Crippen LogP contribution in [0.15, 0.2) is 18.2 Å². The number of rotatable bonds is 5. The zero-order valence-electron chi connectivity index (χ0n) is 12.2. The van der Waals surface area contributed by atoms with Crippen LogP contribution in [-0.2, 0) is 17.3 Å². The largest absolute Gasteiger partial charge is 0.481 e. The van der Waals surface area contributed by atoms with E-state index >= 15 is 0 Å². The Morgan fingerprint density at radius 1 is 1.20 bits per heavy atom. The molecule has 0 aromatic heterocycles. The predicted molar refractivity (Wildman–Crippen MR) is 82.0 cm³/mol. The molecule has 1 aliphatic heterocycles. The number of carboxylic acid groups (broad SMARTS) is 1. The van der Waals surface area contributed by atoms with Crippen molar-refractivity contribution in [3.05, 3.63) is 34.9 Å². The van der Waals surface area contributed by atoms with E-state index in [1.165, 1.54) is 23.2 Å². The van der Waals surface area contributed by atoms with Crippen LogP contribution in [0, 0.1) is 0 Å². The number of carboxylic acids is 1. The molecule has 0 amide bonds. The lowest BCUT2D eigenvalue weighted by molar-refractivity contribution is -0.137. The molecule has 1 aromatic carbocycles. The normalized spacial score (nSPS) is 16.5. The van der Waals surface area contributed by atoms with Gasteiger partial charge in [-0.05, 0) is 36.1 Å². The number of benzene rings is 1. The second-order valence-corrected chi connectivity index (χ2v) is 11.7. The maximum Gasteiger partial charge on any atom is 0.303 e. The summed E-state index contributed by atoms with van der Waals surface area (Å²) in [6.45, 7) is 4.84. The van der Waals surface area contributed by atoms with Gasteiger partial charge in [-0.3, -0.25) is 9.59 Å². The molecule has 1 aliphatic rings. The maximum absolute atomic E-state index is 12.1. The highest BCUT2D eigenvalue weighted by atomic mass is 28.3. The van der Waals surface area contributed by atoms with Gasteiger partial charge in [-0.15, -0.1) is 0 Å². The van der Waals surface area contributed by atoms with Gasteiger partial charge in [-0.2, -0.15) is 0 Å². The van der Waals surface area contributed by atoms with Crippen molar-refractivity contribution in [2.45, 2.75) is 50.9 Å². The van der Waals surface area contributed by atoms with Crippen molar-refractivity contribution < 1.29 is 14.7 Å². The number of hydrogen-bond donors (Lipinski definition) is 1. The van der Waals surface area contributed by atoms with Gasteiger partial charge >= 0.3 is 5.97 Å². The standard InChI is InChI=1S/C16H22O3Si/c1-20(2)9-8-12-10-13(6-7-14(12)11-20)15(17)4-3-5-16(18)19/h6-7,10H,3-5,8-9,11H2,1-2H3,(H,18,19). The van der Waals surface area contributed by atoms with Gasteiger partial charge in [-0.25, -0.2) is 0 Å². The smallest absolute Gasteiger partial charge is 0.303 e. The Balaban J connectivity index is 2.04. The van der Waals surface area contributed by atoms with Crippen LogP contribution in [0.4, 0.5) is 0 Å². The number of aliphatic carboxylic acids is 1. The van der Waals surface area contributed by atoms with Gasteiger partial charge in [-0.1, -0.05) is 31.3 Å². The van der Waals surface area contributed by atoms with Crippen LogP contribution in [0.1, 0.15) is 40.7 Å². The Bertz CT molecular complexity index is 535. The first-order valence-electron chi connectivity index (χ1n) is 7.24. The van der Waals surface area contributed by atoms with Crippen LogP contribution in [0.2, 0.25) is 19.1 Å². The molecule has 108 valence electrons. The summed E-state index contributed by atoms with van der Waals surface area (Å²) in [4.78, 5) is 22.5. The highest BCUT2D eigenvalue weighted by molar-refractivity contribution is 6.77. The van der Waals surface area contributed by atoms with Crippen LogP contribution in [-0.4, -0.2) is 24.9 Å². The summed E-state index contributed by atoms with van der Waals surface area (Å²) in [5.41, 5.74) is 3.48. The van der Waals surface area contributed by atoms with Crippen molar-refractivity contribution >= 4 is 19.8 Å². The number of fused-ring (bicyclic) bond motifs is 1. The molecule has 0 radical (unpaired) electrons. The van der Waals surface area contributed by atoms with Crippen molar-refractivity contribution in [2.24, 2.45) is 0 Å². The van der Waals surface area contributed by atoms with Crippen molar-refractivity contribution in [1.82, 2.24) is 0 Å². The van der Waals surface area contributed by atoms with E-state index < -0.39 is 14.0 Å². The summed E-state index contributed by atoms with van der Waals surface area (Å²) in [6.07, 6.45) is 1.90. The Hall–Kier alpha value is -1.42. The molecule has 1 aromatic rings. The first-order valence-corrected chi connectivity index (χ1v) is 10.7. The Kier molecular flexibility index (Phi) is 4.43. The van der Waals surface area contributed by atoms with Crippen LogP contribution in [0.5, 0.6) is 0 Å². The highest BCUT2D eigenvalue weighted by Gasteiger charge is 2.27. The molecule has 2 rings (SSSR count). The van der Waals surface area contributed by atoms with E-state index in [4.69, 9.17) is 5.11 Å². The quantitative estimate of drug-likeness (QED) is 0.667. The maximum atomic E-state index is 12.1. The molecular formula is C16H22O3Si. The zero-order chi connectivity index (χ0) is 14.8. The van der Waals surface area contributed by atoms with E-state index in [1.807, 2.05) is 12.1 Å². The van der Waals surface area contributed by atoms with E-state index in [0.717, 1.165) is 12.0 Å². The molecule has 0 fully saturated rings. The fourth-order valence-corrected chi connectivity index (χ4v) is 5.33. The fraction of sp³-hybridized carbons (Fsp3) is 0.500. The molecule has 4 heteroatoms. The lowest BCUT2D eigenvalue weighted by Gasteiger charge is -2.29. The summed E-state index contributed by atoms with van der Waals surface area (Å²) in [7, 11) is -1.07. The van der Waals surface area contributed by atoms with Crippen molar-refractivity contribution in [2.75, 3.05) is 0 Å². The SMILES string of the molecule is C[Si]1(C)CCc2cc(C(=O)CCCC(=O)O)ccc2C1. The molecule has 0 saturated carbocycles. The molecule has 0 unspecified atom stereocenters. The Morgan fingerprint density at radius 2 is 1.95 bits per heavy atom. The minimum absolute atomic E-state index is 0.0659. The highest BCUT2D eigenvalue weighted by Crippen LogP contribution is 2.29. The summed E-state index contributed by atoms with van der Waals surface area (Å²) in [5, 5.41) is 8.60. The molecule has 0 saturated heterocycles. The molecular weight excluding hydrogens is 268 g/mol.